The molecule has 1 amide bonds. The van der Waals surface area contributed by atoms with Gasteiger partial charge in [-0.3, -0.25) is 14.9 Å². The molecule has 0 aliphatic heterocycles. The smallest absolute Gasteiger partial charge is 0.413 e. The number of esters is 1. The van der Waals surface area contributed by atoms with Crippen molar-refractivity contribution in [1.82, 2.24) is 5.32 Å². The lowest BCUT2D eigenvalue weighted by molar-refractivity contribution is -0.384. The number of nitro benzene ring substituents is 1. The zero-order chi connectivity index (χ0) is 34.7. The molecule has 0 aromatic heterocycles. The average Bonchev–Trinajstić information content (AvgIpc) is 2.91. The summed E-state index contributed by atoms with van der Waals surface area (Å²) >= 11 is 6.84. The summed E-state index contributed by atoms with van der Waals surface area (Å²) in [6.45, 7) is 19.2. The van der Waals surface area contributed by atoms with Crippen LogP contribution in [-0.2, 0) is 25.9 Å². The van der Waals surface area contributed by atoms with E-state index in [2.05, 4.69) is 60.7 Å². The molecule has 11 heteroatoms. The minimum Gasteiger partial charge on any atom is -0.469 e. The van der Waals surface area contributed by atoms with Crippen LogP contribution in [0.1, 0.15) is 92.7 Å². The van der Waals surface area contributed by atoms with Gasteiger partial charge in [0.05, 0.1) is 29.1 Å². The van der Waals surface area contributed by atoms with Gasteiger partial charge < -0.3 is 19.2 Å². The van der Waals surface area contributed by atoms with E-state index in [9.17, 15) is 19.7 Å². The Labute approximate surface area is 281 Å². The third-order valence-corrected chi connectivity index (χ3v) is 11.1. The summed E-state index contributed by atoms with van der Waals surface area (Å²) in [5.74, 6) is -0.955. The third-order valence-electron chi connectivity index (χ3n) is 9.00. The van der Waals surface area contributed by atoms with Gasteiger partial charge in [0.15, 0.2) is 9.76 Å². The zero-order valence-electron chi connectivity index (χ0n) is 29.0. The maximum atomic E-state index is 13.7. The van der Waals surface area contributed by atoms with Crippen LogP contribution < -0.4 is 10.1 Å². The number of ether oxygens (including phenoxy) is 2. The van der Waals surface area contributed by atoms with Crippen LogP contribution in [-0.4, -0.2) is 39.5 Å². The summed E-state index contributed by atoms with van der Waals surface area (Å²) in [4.78, 5) is 37.7. The molecule has 1 saturated carbocycles. The van der Waals surface area contributed by atoms with E-state index in [-0.39, 0.29) is 39.3 Å². The highest BCUT2D eigenvalue weighted by molar-refractivity contribution is 6.32. The van der Waals surface area contributed by atoms with Crippen LogP contribution in [0.15, 0.2) is 42.5 Å². The highest BCUT2D eigenvalue weighted by atomic mass is 35.5. The molecular weight excluding hydrogens is 624 g/mol. The standard InChI is InChI=1S/C35H51ClN2O7Si/c1-32(2,3)18-17-22-11-12-24(21-28(22)36)35(9,37-31(40)44-27-15-13-26(14-16-27)38(41)42)29(30(39)43-10)23-19-25(20-23)34(7,8)45-46-33(4,5)6/h11-16,21,23,25,29H,17-20,46H2,1-10H3,(H,37,40). The second-order valence-electron chi connectivity index (χ2n) is 15.7. The van der Waals surface area contributed by atoms with E-state index in [0.717, 1.165) is 31.2 Å². The second-order valence-corrected chi connectivity index (χ2v) is 18.8. The zero-order valence-corrected chi connectivity index (χ0v) is 31.2. The van der Waals surface area contributed by atoms with Crippen molar-refractivity contribution in [3.8, 4) is 5.75 Å². The second kappa shape index (κ2) is 14.4. The number of nitrogens with one attached hydrogen (secondary N) is 1. The molecule has 0 heterocycles. The molecule has 1 N–H and O–H groups in total. The van der Waals surface area contributed by atoms with Crippen molar-refractivity contribution in [2.24, 2.45) is 23.2 Å². The number of hydrogen-bond acceptors (Lipinski definition) is 7. The molecule has 0 spiro atoms. The molecule has 0 saturated heterocycles. The number of aryl methyl sites for hydroxylation is 1. The van der Waals surface area contributed by atoms with Gasteiger partial charge in [-0.25, -0.2) is 4.79 Å². The van der Waals surface area contributed by atoms with Gasteiger partial charge in [0.25, 0.3) is 5.69 Å². The first-order valence-electron chi connectivity index (χ1n) is 15.9. The summed E-state index contributed by atoms with van der Waals surface area (Å²) in [6, 6.07) is 10.9. The predicted molar refractivity (Wildman–Crippen MR) is 184 cm³/mol. The van der Waals surface area contributed by atoms with Crippen LogP contribution in [0.3, 0.4) is 0 Å². The van der Waals surface area contributed by atoms with E-state index in [1.807, 2.05) is 18.2 Å². The number of nitro groups is 1. The van der Waals surface area contributed by atoms with Crippen LogP contribution in [0.4, 0.5) is 10.5 Å². The number of hydrogen-bond donors (Lipinski definition) is 1. The van der Waals surface area contributed by atoms with Crippen molar-refractivity contribution in [3.63, 3.8) is 0 Å². The lowest BCUT2D eigenvalue weighted by atomic mass is 9.58. The average molecular weight is 675 g/mol. The highest BCUT2D eigenvalue weighted by Gasteiger charge is 2.54. The molecule has 2 aromatic carbocycles. The number of amides is 1. The fraction of sp³-hybridized carbons (Fsp3) is 0.600. The van der Waals surface area contributed by atoms with Crippen molar-refractivity contribution in [1.29, 1.82) is 0 Å². The molecule has 0 bridgehead atoms. The Balaban J connectivity index is 1.97. The molecule has 9 nitrogen and oxygen atoms in total. The number of nitrogens with zero attached hydrogens (tertiary/aromatic N) is 1. The SMILES string of the molecule is COC(=O)C(C1CC(C(C)(C)O[SiH2]C(C)(C)C)C1)C(C)(NC(=O)Oc1ccc([N+](=O)[O-])cc1)c1ccc(CCC(C)(C)C)c(Cl)c1. The van der Waals surface area contributed by atoms with E-state index in [0.29, 0.717) is 10.6 Å². The van der Waals surface area contributed by atoms with Gasteiger partial charge in [-0.2, -0.15) is 0 Å². The quantitative estimate of drug-likeness (QED) is 0.105. The minimum atomic E-state index is -1.27. The van der Waals surface area contributed by atoms with E-state index < -0.39 is 38.2 Å². The Morgan fingerprint density at radius 2 is 1.63 bits per heavy atom. The number of halogens is 1. The molecule has 3 rings (SSSR count). The van der Waals surface area contributed by atoms with E-state index >= 15 is 0 Å². The van der Waals surface area contributed by atoms with Gasteiger partial charge in [0.2, 0.25) is 0 Å². The van der Waals surface area contributed by atoms with Crippen LogP contribution in [0, 0.1) is 33.3 Å². The van der Waals surface area contributed by atoms with E-state index in [1.54, 1.807) is 6.92 Å². The van der Waals surface area contributed by atoms with Crippen molar-refractivity contribution in [2.75, 3.05) is 7.11 Å². The first-order chi connectivity index (χ1) is 21.1. The van der Waals surface area contributed by atoms with Gasteiger partial charge in [-0.05, 0) is 98.1 Å². The topological polar surface area (TPSA) is 117 Å². The van der Waals surface area contributed by atoms with E-state index in [1.165, 1.54) is 31.4 Å². The van der Waals surface area contributed by atoms with Gasteiger partial charge in [0, 0.05) is 17.2 Å². The number of methoxy groups -OCH3 is 1. The lowest BCUT2D eigenvalue weighted by Crippen LogP contribution is -2.58. The molecule has 2 unspecified atom stereocenters. The molecule has 2 aromatic rings. The molecule has 1 fully saturated rings. The Morgan fingerprint density at radius 1 is 1.02 bits per heavy atom. The summed E-state index contributed by atoms with van der Waals surface area (Å²) in [5, 5.41) is 14.8. The molecule has 1 aliphatic rings. The summed E-state index contributed by atoms with van der Waals surface area (Å²) in [6.07, 6.45) is 2.35. The largest absolute Gasteiger partial charge is 0.469 e. The van der Waals surface area contributed by atoms with Crippen LogP contribution in [0.5, 0.6) is 5.75 Å². The molecule has 46 heavy (non-hydrogen) atoms. The van der Waals surface area contributed by atoms with Crippen molar-refractivity contribution in [2.45, 2.75) is 104 Å². The minimum absolute atomic E-state index is 0.111. The molecule has 1 aliphatic carbocycles. The normalized spacial score (nSPS) is 19.2. The Bertz CT molecular complexity index is 1400. The van der Waals surface area contributed by atoms with Crippen LogP contribution in [0.25, 0.3) is 0 Å². The highest BCUT2D eigenvalue weighted by Crippen LogP contribution is 2.51. The monoisotopic (exact) mass is 674 g/mol. The summed E-state index contributed by atoms with van der Waals surface area (Å²) in [5.41, 5.74) is 0.0268. The number of carbonyl (C=O) groups is 2. The first kappa shape index (κ1) is 37.5. The van der Waals surface area contributed by atoms with Crippen molar-refractivity contribution in [3.05, 3.63) is 68.7 Å². The van der Waals surface area contributed by atoms with Gasteiger partial charge >= 0.3 is 12.1 Å². The number of benzene rings is 2. The van der Waals surface area contributed by atoms with Gasteiger partial charge in [-0.15, -0.1) is 0 Å². The number of rotatable bonds is 12. The Kier molecular flexibility index (Phi) is 11.8. The fourth-order valence-electron chi connectivity index (χ4n) is 5.94. The van der Waals surface area contributed by atoms with Crippen molar-refractivity contribution >= 4 is 39.1 Å². The van der Waals surface area contributed by atoms with Crippen molar-refractivity contribution < 1.29 is 28.4 Å². The Hall–Kier alpha value is -2.95. The lowest BCUT2D eigenvalue weighted by Gasteiger charge is -2.51. The number of carbonyl (C=O) groups excluding carboxylic acids is 2. The Morgan fingerprint density at radius 3 is 2.13 bits per heavy atom. The first-order valence-corrected chi connectivity index (χ1v) is 17.6. The van der Waals surface area contributed by atoms with Crippen LogP contribution in [0.2, 0.25) is 10.1 Å². The maximum absolute atomic E-state index is 13.7. The molecule has 2 atom stereocenters. The third kappa shape index (κ3) is 9.78. The summed E-state index contributed by atoms with van der Waals surface area (Å²) in [7, 11) is 0.564. The van der Waals surface area contributed by atoms with Gasteiger partial charge in [-0.1, -0.05) is 65.3 Å². The maximum Gasteiger partial charge on any atom is 0.413 e. The number of non-ortho nitro benzene ring substituents is 1. The van der Waals surface area contributed by atoms with E-state index in [4.69, 9.17) is 25.5 Å². The molecular formula is C35H51ClN2O7Si. The fourth-order valence-corrected chi connectivity index (χ4v) is 7.26. The molecule has 0 radical (unpaired) electrons. The van der Waals surface area contributed by atoms with Gasteiger partial charge in [0.1, 0.15) is 5.75 Å². The summed E-state index contributed by atoms with van der Waals surface area (Å²) < 4.78 is 17.4. The predicted octanol–water partition coefficient (Wildman–Crippen LogP) is 8.14. The molecule has 254 valence electrons. The van der Waals surface area contributed by atoms with Crippen LogP contribution >= 0.6 is 11.6 Å².